The van der Waals surface area contributed by atoms with Crippen molar-refractivity contribution in [3.05, 3.63) is 136 Å². The maximum atomic E-state index is 13.7. The first-order valence-electron chi connectivity index (χ1n) is 22.2. The number of piperidine rings is 3. The Balaban J connectivity index is 0.841. The predicted molar refractivity (Wildman–Crippen MR) is 240 cm³/mol. The van der Waals surface area contributed by atoms with Crippen LogP contribution in [0.15, 0.2) is 108 Å². The third kappa shape index (κ3) is 11.6. The van der Waals surface area contributed by atoms with Gasteiger partial charge in [0.15, 0.2) is 6.10 Å². The molecule has 3 atom stereocenters. The van der Waals surface area contributed by atoms with E-state index in [4.69, 9.17) is 14.2 Å². The summed E-state index contributed by atoms with van der Waals surface area (Å²) in [5, 5.41) is 28.0. The molecule has 0 aliphatic carbocycles. The summed E-state index contributed by atoms with van der Waals surface area (Å²) in [5.74, 6) is 1.70. The molecule has 12 nitrogen and oxygen atoms in total. The van der Waals surface area contributed by atoms with Gasteiger partial charge < -0.3 is 44.5 Å². The Morgan fingerprint density at radius 1 is 0.823 bits per heavy atom. The highest BCUT2D eigenvalue weighted by Gasteiger charge is 2.48. The van der Waals surface area contributed by atoms with Gasteiger partial charge in [-0.1, -0.05) is 98.8 Å². The number of hydrogen-bond donors (Lipinski definition) is 5. The zero-order chi connectivity index (χ0) is 43.3. The highest BCUT2D eigenvalue weighted by Crippen LogP contribution is 2.37. The number of pyridine rings is 1. The Bertz CT molecular complexity index is 2290. The number of benzene rings is 4. The van der Waals surface area contributed by atoms with Crippen LogP contribution in [0, 0.1) is 5.92 Å². The van der Waals surface area contributed by atoms with E-state index in [1.54, 1.807) is 19.2 Å². The molecule has 62 heavy (non-hydrogen) atoms. The van der Waals surface area contributed by atoms with Crippen LogP contribution < -0.4 is 25.7 Å². The van der Waals surface area contributed by atoms with Crippen LogP contribution in [0.1, 0.15) is 97.0 Å². The van der Waals surface area contributed by atoms with Crippen molar-refractivity contribution in [3.8, 4) is 17.2 Å². The Labute approximate surface area is 363 Å². The molecule has 0 spiro atoms. The van der Waals surface area contributed by atoms with Gasteiger partial charge in [-0.05, 0) is 60.3 Å². The van der Waals surface area contributed by atoms with Gasteiger partial charge in [0.2, 0.25) is 11.3 Å². The SMILES string of the molecule is COc1cc(OCCCCCCCCCNC[C@H](O)c2ccc(O)c3[nH]c(=O)ccc23)cc(C(NC(=O)O[C@H]2C[N+]3(CC(=O)c4ccccc4)CCC2CC3)c2ccccc2)c1. The molecule has 4 heterocycles. The number of Topliss-reactive ketones (excluding diaryl/α,β-unsaturated/α-hetero) is 1. The molecular formula is C50H61N4O8+. The average molecular weight is 846 g/mol. The van der Waals surface area contributed by atoms with E-state index in [9.17, 15) is 24.6 Å². The Kier molecular flexibility index (Phi) is 15.3. The topological polar surface area (TPSA) is 159 Å². The van der Waals surface area contributed by atoms with Crippen molar-refractivity contribution in [2.24, 2.45) is 5.92 Å². The molecule has 3 aliphatic rings. The van der Waals surface area contributed by atoms with Crippen molar-refractivity contribution in [1.82, 2.24) is 15.6 Å². The fourth-order valence-corrected chi connectivity index (χ4v) is 9.18. The Morgan fingerprint density at radius 3 is 2.26 bits per heavy atom. The summed E-state index contributed by atoms with van der Waals surface area (Å²) in [6.07, 6.45) is 7.80. The molecule has 4 aromatic carbocycles. The van der Waals surface area contributed by atoms with Crippen molar-refractivity contribution in [2.75, 3.05) is 53.0 Å². The zero-order valence-electron chi connectivity index (χ0n) is 35.7. The summed E-state index contributed by atoms with van der Waals surface area (Å²) in [7, 11) is 1.63. The highest BCUT2D eigenvalue weighted by atomic mass is 16.6. The number of carbonyl (C=O) groups is 2. The number of nitrogens with zero attached hydrogens (tertiary/aromatic N) is 1. The number of nitrogens with one attached hydrogen (secondary N) is 3. The molecule has 328 valence electrons. The number of fused-ring (bicyclic) bond motifs is 4. The molecule has 8 rings (SSSR count). The van der Waals surface area contributed by atoms with E-state index in [2.05, 4.69) is 15.6 Å². The van der Waals surface area contributed by atoms with Gasteiger partial charge in [0.1, 0.15) is 30.3 Å². The summed E-state index contributed by atoms with van der Waals surface area (Å²) in [5.41, 5.74) is 3.15. The molecule has 12 heteroatoms. The summed E-state index contributed by atoms with van der Waals surface area (Å²) < 4.78 is 18.8. The van der Waals surface area contributed by atoms with Crippen molar-refractivity contribution < 1.29 is 38.5 Å². The van der Waals surface area contributed by atoms with Crippen LogP contribution in [0.4, 0.5) is 4.79 Å². The number of phenols is 1. The van der Waals surface area contributed by atoms with Crippen molar-refractivity contribution in [1.29, 1.82) is 0 Å². The number of hydrogen-bond acceptors (Lipinski definition) is 9. The van der Waals surface area contributed by atoms with Gasteiger partial charge in [0.25, 0.3) is 0 Å². The number of ketones is 1. The van der Waals surface area contributed by atoms with Gasteiger partial charge in [0.05, 0.1) is 44.5 Å². The number of aromatic hydroxyl groups is 1. The molecule has 2 bridgehead atoms. The van der Waals surface area contributed by atoms with E-state index in [1.165, 1.54) is 12.1 Å². The molecule has 1 aromatic heterocycles. The molecule has 1 unspecified atom stereocenters. The normalized spacial score (nSPS) is 19.1. The molecule has 3 aliphatic heterocycles. The molecule has 3 fully saturated rings. The van der Waals surface area contributed by atoms with Crippen LogP contribution >= 0.6 is 0 Å². The highest BCUT2D eigenvalue weighted by molar-refractivity contribution is 5.97. The van der Waals surface area contributed by atoms with E-state index in [0.29, 0.717) is 58.7 Å². The fraction of sp³-hybridized carbons (Fsp3) is 0.420. The number of phenolic OH excluding ortho intramolecular Hbond substituents is 1. The molecule has 0 saturated carbocycles. The van der Waals surface area contributed by atoms with Crippen LogP contribution in [0.3, 0.4) is 0 Å². The second kappa shape index (κ2) is 21.4. The van der Waals surface area contributed by atoms with Crippen LogP contribution in [-0.4, -0.2) is 90.6 Å². The van der Waals surface area contributed by atoms with E-state index in [-0.39, 0.29) is 29.1 Å². The molecular weight excluding hydrogens is 785 g/mol. The van der Waals surface area contributed by atoms with Gasteiger partial charge in [-0.25, -0.2) is 4.79 Å². The molecule has 5 N–H and O–H groups in total. The van der Waals surface area contributed by atoms with Gasteiger partial charge in [-0.3, -0.25) is 9.59 Å². The van der Waals surface area contributed by atoms with Crippen molar-refractivity contribution in [3.63, 3.8) is 0 Å². The zero-order valence-corrected chi connectivity index (χ0v) is 35.7. The van der Waals surface area contributed by atoms with E-state index < -0.39 is 18.2 Å². The van der Waals surface area contributed by atoms with E-state index >= 15 is 0 Å². The van der Waals surface area contributed by atoms with E-state index in [1.807, 2.05) is 78.9 Å². The lowest BCUT2D eigenvalue weighted by Gasteiger charge is -2.51. The minimum atomic E-state index is -0.763. The van der Waals surface area contributed by atoms with Crippen LogP contribution in [0.25, 0.3) is 10.9 Å². The number of aromatic amines is 1. The number of H-pyrrole nitrogens is 1. The maximum Gasteiger partial charge on any atom is 0.408 e. The van der Waals surface area contributed by atoms with E-state index in [0.717, 1.165) is 94.1 Å². The maximum absolute atomic E-state index is 13.7. The smallest absolute Gasteiger partial charge is 0.408 e. The summed E-state index contributed by atoms with van der Waals surface area (Å²) in [6.45, 7) is 4.64. The average Bonchev–Trinajstić information content (AvgIpc) is 3.29. The minimum absolute atomic E-state index is 0.0196. The quantitative estimate of drug-likeness (QED) is 0.0265. The second-order valence-corrected chi connectivity index (χ2v) is 17.0. The first-order valence-corrected chi connectivity index (χ1v) is 22.2. The predicted octanol–water partition coefficient (Wildman–Crippen LogP) is 7.98. The van der Waals surface area contributed by atoms with Crippen molar-refractivity contribution in [2.45, 2.75) is 76.0 Å². The number of aliphatic hydroxyl groups is 1. The lowest BCUT2D eigenvalue weighted by molar-refractivity contribution is -0.938. The monoisotopic (exact) mass is 845 g/mol. The number of methoxy groups -OCH3 is 1. The number of carbonyl (C=O) groups excluding carboxylic acids is 2. The van der Waals surface area contributed by atoms with Gasteiger partial charge >= 0.3 is 6.09 Å². The minimum Gasteiger partial charge on any atom is -0.506 e. The number of aliphatic hydroxyl groups excluding tert-OH is 1. The number of unbranched alkanes of at least 4 members (excludes halogenated alkanes) is 6. The first-order chi connectivity index (χ1) is 30.2. The number of rotatable bonds is 22. The molecule has 5 aromatic rings. The number of amides is 1. The van der Waals surface area contributed by atoms with Gasteiger partial charge in [-0.15, -0.1) is 0 Å². The van der Waals surface area contributed by atoms with Crippen LogP contribution in [-0.2, 0) is 4.74 Å². The largest absolute Gasteiger partial charge is 0.506 e. The summed E-state index contributed by atoms with van der Waals surface area (Å²) in [4.78, 5) is 41.3. The number of quaternary nitrogens is 1. The summed E-state index contributed by atoms with van der Waals surface area (Å²) >= 11 is 0. The number of ether oxygens (including phenoxy) is 3. The number of alkyl carbamates (subject to hydrolysis) is 1. The Hall–Kier alpha value is -5.69. The second-order valence-electron chi connectivity index (χ2n) is 17.0. The summed E-state index contributed by atoms with van der Waals surface area (Å²) in [6, 6.07) is 30.8. The van der Waals surface area contributed by atoms with Crippen molar-refractivity contribution >= 4 is 22.8 Å². The first kappa shape index (κ1) is 44.4. The van der Waals surface area contributed by atoms with Crippen LogP contribution in [0.5, 0.6) is 17.2 Å². The van der Waals surface area contributed by atoms with Gasteiger partial charge in [0, 0.05) is 48.4 Å². The third-order valence-corrected chi connectivity index (χ3v) is 12.6. The molecule has 3 saturated heterocycles. The number of aromatic nitrogens is 1. The molecule has 1 amide bonds. The third-order valence-electron chi connectivity index (χ3n) is 12.6. The molecule has 0 radical (unpaired) electrons. The standard InChI is InChI=1S/C50H60N4O8/c1-60-39-29-38(30-40(31-39)61-28-14-6-4-2-3-5-13-25-51-32-44(56)41-19-21-43(55)49-42(41)20-22-47(58)52-49)48(37-17-11-8-12-18-37)53-50(59)62-46-34-54(26-23-36(46)24-27-54)33-45(57)35-15-9-7-10-16-35/h7-12,15-22,29-31,36,44,46,48,51,56H,2-6,13-14,23-28,32-34H2,1H3,(H2-,52,53,55,58,59)/p+1/t36?,44-,46-,48?,54?/m0/s1. The Morgan fingerprint density at radius 2 is 1.52 bits per heavy atom. The van der Waals surface area contributed by atoms with Crippen LogP contribution in [0.2, 0.25) is 0 Å². The lowest BCUT2D eigenvalue weighted by atomic mass is 9.83. The fourth-order valence-electron chi connectivity index (χ4n) is 9.18. The lowest BCUT2D eigenvalue weighted by Crippen LogP contribution is -2.66. The van der Waals surface area contributed by atoms with Gasteiger partial charge in [-0.2, -0.15) is 0 Å².